The number of para-hydroxylation sites is 1. The number of hydrogen-bond acceptors (Lipinski definition) is 2. The summed E-state index contributed by atoms with van der Waals surface area (Å²) in [6.07, 6.45) is 2.01. The van der Waals surface area contributed by atoms with Gasteiger partial charge in [0, 0.05) is 29.8 Å². The number of anilines is 1. The van der Waals surface area contributed by atoms with Crippen LogP contribution in [0.2, 0.25) is 0 Å². The Balaban J connectivity index is 2.03. The minimum absolute atomic E-state index is 0.00211. The highest BCUT2D eigenvalue weighted by molar-refractivity contribution is 6.04. The molecule has 0 spiro atoms. The molecule has 0 N–H and O–H groups in total. The Morgan fingerprint density at radius 3 is 2.18 bits per heavy atom. The monoisotopic (exact) mass is 291 g/mol. The quantitative estimate of drug-likeness (QED) is 0.865. The van der Waals surface area contributed by atoms with Crippen molar-refractivity contribution < 1.29 is 9.59 Å². The summed E-state index contributed by atoms with van der Waals surface area (Å²) in [5, 5.41) is 0. The van der Waals surface area contributed by atoms with Crippen LogP contribution in [0.3, 0.4) is 0 Å². The molecule has 3 heteroatoms. The Bertz CT molecular complexity index is 720. The number of carbonyl (C=O) groups excluding carboxylic acids is 2. The maximum absolute atomic E-state index is 12.5. The standard InChI is InChI=1S/C19H17NO2/c1-14(21)18-13-20(16-10-6-3-7-11-16)19(22)12-17(18)15-8-4-2-5-9-15/h2-11,13,17H,12H2,1H3/t17-/m0/s1. The van der Waals surface area contributed by atoms with Crippen molar-refractivity contribution >= 4 is 17.4 Å². The van der Waals surface area contributed by atoms with Crippen molar-refractivity contribution in [2.45, 2.75) is 19.3 Å². The number of allylic oxidation sites excluding steroid dienone is 1. The zero-order valence-electron chi connectivity index (χ0n) is 12.4. The molecule has 0 bridgehead atoms. The fourth-order valence-electron chi connectivity index (χ4n) is 2.81. The molecule has 1 amide bonds. The molecule has 0 aromatic heterocycles. The van der Waals surface area contributed by atoms with Crippen molar-refractivity contribution in [1.82, 2.24) is 0 Å². The fraction of sp³-hybridized carbons (Fsp3) is 0.158. The zero-order chi connectivity index (χ0) is 15.5. The predicted molar refractivity (Wildman–Crippen MR) is 86.5 cm³/mol. The Morgan fingerprint density at radius 2 is 1.59 bits per heavy atom. The molecule has 0 saturated heterocycles. The lowest BCUT2D eigenvalue weighted by Gasteiger charge is -2.30. The third-order valence-electron chi connectivity index (χ3n) is 3.93. The number of amides is 1. The third-order valence-corrected chi connectivity index (χ3v) is 3.93. The highest BCUT2D eigenvalue weighted by Gasteiger charge is 2.31. The number of benzene rings is 2. The molecule has 1 aliphatic rings. The van der Waals surface area contributed by atoms with Crippen LogP contribution in [0.15, 0.2) is 72.4 Å². The van der Waals surface area contributed by atoms with Crippen LogP contribution < -0.4 is 4.90 Å². The minimum atomic E-state index is -0.161. The van der Waals surface area contributed by atoms with E-state index in [0.717, 1.165) is 11.3 Å². The molecule has 0 aliphatic carbocycles. The van der Waals surface area contributed by atoms with Crippen LogP contribution in [-0.4, -0.2) is 11.7 Å². The first-order valence-electron chi connectivity index (χ1n) is 7.31. The van der Waals surface area contributed by atoms with E-state index in [-0.39, 0.29) is 17.6 Å². The second kappa shape index (κ2) is 5.98. The number of Topliss-reactive ketones (excluding diaryl/α,β-unsaturated/α-hetero) is 1. The molecule has 0 radical (unpaired) electrons. The molecule has 1 heterocycles. The van der Waals surface area contributed by atoms with E-state index in [2.05, 4.69) is 0 Å². The molecule has 2 aromatic carbocycles. The van der Waals surface area contributed by atoms with Crippen molar-refractivity contribution in [1.29, 1.82) is 0 Å². The van der Waals surface area contributed by atoms with Gasteiger partial charge < -0.3 is 0 Å². The normalized spacial score (nSPS) is 18.0. The molecule has 22 heavy (non-hydrogen) atoms. The lowest BCUT2D eigenvalue weighted by molar-refractivity contribution is -0.119. The summed E-state index contributed by atoms with van der Waals surface area (Å²) in [5.74, 6) is -0.154. The molecule has 0 unspecified atom stereocenters. The summed E-state index contributed by atoms with van der Waals surface area (Å²) in [4.78, 5) is 26.2. The SMILES string of the molecule is CC(=O)C1=CN(c2ccccc2)C(=O)C[C@H]1c1ccccc1. The molecule has 0 fully saturated rings. The summed E-state index contributed by atoms with van der Waals surface area (Å²) in [5.41, 5.74) is 2.47. The molecule has 1 atom stereocenters. The van der Waals surface area contributed by atoms with Crippen molar-refractivity contribution in [3.63, 3.8) is 0 Å². The van der Waals surface area contributed by atoms with Gasteiger partial charge >= 0.3 is 0 Å². The lowest BCUT2D eigenvalue weighted by atomic mass is 9.84. The van der Waals surface area contributed by atoms with Crippen LogP contribution in [-0.2, 0) is 9.59 Å². The first-order valence-corrected chi connectivity index (χ1v) is 7.31. The number of carbonyl (C=O) groups is 2. The molecule has 3 nitrogen and oxygen atoms in total. The summed E-state index contributed by atoms with van der Waals surface area (Å²) in [7, 11) is 0. The van der Waals surface area contributed by atoms with Gasteiger partial charge in [-0.05, 0) is 24.6 Å². The van der Waals surface area contributed by atoms with E-state index in [1.165, 1.54) is 0 Å². The number of hydrogen-bond donors (Lipinski definition) is 0. The molecular formula is C19H17NO2. The average molecular weight is 291 g/mol. The van der Waals surface area contributed by atoms with Gasteiger partial charge in [0.1, 0.15) is 0 Å². The lowest BCUT2D eigenvalue weighted by Crippen LogP contribution is -2.33. The number of rotatable bonds is 3. The number of nitrogens with zero attached hydrogens (tertiary/aromatic N) is 1. The second-order valence-corrected chi connectivity index (χ2v) is 5.41. The summed E-state index contributed by atoms with van der Waals surface area (Å²) >= 11 is 0. The third kappa shape index (κ3) is 2.70. The van der Waals surface area contributed by atoms with E-state index < -0.39 is 0 Å². The van der Waals surface area contributed by atoms with E-state index in [0.29, 0.717) is 12.0 Å². The van der Waals surface area contributed by atoms with Gasteiger partial charge in [-0.1, -0.05) is 48.5 Å². The van der Waals surface area contributed by atoms with Gasteiger partial charge in [-0.15, -0.1) is 0 Å². The Hall–Kier alpha value is -2.68. The van der Waals surface area contributed by atoms with E-state index in [1.54, 1.807) is 18.0 Å². The van der Waals surface area contributed by atoms with Gasteiger partial charge in [0.05, 0.1) is 0 Å². The van der Waals surface area contributed by atoms with Crippen LogP contribution in [0.25, 0.3) is 0 Å². The smallest absolute Gasteiger partial charge is 0.232 e. The van der Waals surface area contributed by atoms with Crippen molar-refractivity contribution in [2.75, 3.05) is 4.90 Å². The molecule has 110 valence electrons. The number of ketones is 1. The summed E-state index contributed by atoms with van der Waals surface area (Å²) in [6, 6.07) is 19.1. The van der Waals surface area contributed by atoms with Gasteiger partial charge in [0.15, 0.2) is 5.78 Å². The van der Waals surface area contributed by atoms with Crippen LogP contribution in [0.1, 0.15) is 24.8 Å². The Labute approximate surface area is 129 Å². The molecule has 1 aliphatic heterocycles. The highest BCUT2D eigenvalue weighted by atomic mass is 16.2. The van der Waals surface area contributed by atoms with Crippen LogP contribution in [0.4, 0.5) is 5.69 Å². The van der Waals surface area contributed by atoms with Crippen LogP contribution in [0.5, 0.6) is 0 Å². The molecule has 2 aromatic rings. The molecule has 0 saturated carbocycles. The van der Waals surface area contributed by atoms with Gasteiger partial charge in [-0.25, -0.2) is 0 Å². The van der Waals surface area contributed by atoms with Crippen molar-refractivity contribution in [2.24, 2.45) is 0 Å². The van der Waals surface area contributed by atoms with Gasteiger partial charge in [-0.3, -0.25) is 14.5 Å². The van der Waals surface area contributed by atoms with Crippen molar-refractivity contribution in [3.05, 3.63) is 78.0 Å². The maximum atomic E-state index is 12.5. The maximum Gasteiger partial charge on any atom is 0.232 e. The Kier molecular flexibility index (Phi) is 3.88. The van der Waals surface area contributed by atoms with E-state index in [9.17, 15) is 9.59 Å². The van der Waals surface area contributed by atoms with Crippen LogP contribution in [0, 0.1) is 0 Å². The summed E-state index contributed by atoms with van der Waals surface area (Å²) < 4.78 is 0. The van der Waals surface area contributed by atoms with E-state index in [4.69, 9.17) is 0 Å². The fourth-order valence-corrected chi connectivity index (χ4v) is 2.81. The first kappa shape index (κ1) is 14.3. The molecular weight excluding hydrogens is 274 g/mol. The Morgan fingerprint density at radius 1 is 1.00 bits per heavy atom. The zero-order valence-corrected chi connectivity index (χ0v) is 12.4. The van der Waals surface area contributed by atoms with Gasteiger partial charge in [0.25, 0.3) is 0 Å². The molecule has 3 rings (SSSR count). The van der Waals surface area contributed by atoms with Crippen molar-refractivity contribution in [3.8, 4) is 0 Å². The van der Waals surface area contributed by atoms with E-state index in [1.807, 2.05) is 60.7 Å². The van der Waals surface area contributed by atoms with Gasteiger partial charge in [-0.2, -0.15) is 0 Å². The summed E-state index contributed by atoms with van der Waals surface area (Å²) in [6.45, 7) is 1.56. The largest absolute Gasteiger partial charge is 0.295 e. The predicted octanol–water partition coefficient (Wildman–Crippen LogP) is 3.68. The highest BCUT2D eigenvalue weighted by Crippen LogP contribution is 2.34. The second-order valence-electron chi connectivity index (χ2n) is 5.41. The topological polar surface area (TPSA) is 37.4 Å². The average Bonchev–Trinajstić information content (AvgIpc) is 2.56. The first-order chi connectivity index (χ1) is 10.7. The minimum Gasteiger partial charge on any atom is -0.295 e. The van der Waals surface area contributed by atoms with Gasteiger partial charge in [0.2, 0.25) is 5.91 Å². The van der Waals surface area contributed by atoms with E-state index >= 15 is 0 Å². The van der Waals surface area contributed by atoms with Crippen LogP contribution >= 0.6 is 0 Å².